The lowest BCUT2D eigenvalue weighted by molar-refractivity contribution is 0.0659. The highest BCUT2D eigenvalue weighted by molar-refractivity contribution is 6.30. The Kier molecular flexibility index (Phi) is 3.87. The Balaban J connectivity index is 1.97. The maximum Gasteiger partial charge on any atom is 0.371 e. The van der Waals surface area contributed by atoms with E-state index in [9.17, 15) is 9.59 Å². The molecule has 0 aliphatic heterocycles. The van der Waals surface area contributed by atoms with Gasteiger partial charge < -0.3 is 14.8 Å². The van der Waals surface area contributed by atoms with Crippen LogP contribution in [-0.2, 0) is 6.54 Å². The summed E-state index contributed by atoms with van der Waals surface area (Å²) in [5.41, 5.74) is 0.878. The number of aromatic carboxylic acids is 1. The quantitative estimate of drug-likeness (QED) is 0.901. The van der Waals surface area contributed by atoms with Gasteiger partial charge in [0.25, 0.3) is 5.91 Å². The smallest absolute Gasteiger partial charge is 0.371 e. The molecule has 0 aliphatic rings. The third-order valence-corrected chi connectivity index (χ3v) is 2.66. The van der Waals surface area contributed by atoms with Crippen LogP contribution < -0.4 is 5.32 Å². The zero-order chi connectivity index (χ0) is 13.8. The number of hydrogen-bond donors (Lipinski definition) is 2. The van der Waals surface area contributed by atoms with Crippen LogP contribution in [0.2, 0.25) is 5.02 Å². The Labute approximate surface area is 113 Å². The number of carboxylic acid groups (broad SMARTS) is 1. The monoisotopic (exact) mass is 279 g/mol. The van der Waals surface area contributed by atoms with E-state index in [0.717, 1.165) is 5.56 Å². The molecule has 1 heterocycles. The first-order valence-corrected chi connectivity index (χ1v) is 5.80. The van der Waals surface area contributed by atoms with Crippen LogP contribution in [0.3, 0.4) is 0 Å². The number of furan rings is 1. The summed E-state index contributed by atoms with van der Waals surface area (Å²) in [5, 5.41) is 11.9. The molecular weight excluding hydrogens is 270 g/mol. The van der Waals surface area contributed by atoms with E-state index < -0.39 is 11.9 Å². The lowest BCUT2D eigenvalue weighted by Crippen LogP contribution is -2.22. The van der Waals surface area contributed by atoms with Gasteiger partial charge in [0.1, 0.15) is 0 Å². The molecule has 2 aromatic rings. The summed E-state index contributed by atoms with van der Waals surface area (Å²) in [6.45, 7) is 0.305. The van der Waals surface area contributed by atoms with Gasteiger partial charge in [-0.15, -0.1) is 0 Å². The molecule has 0 atom stereocenters. The Hall–Kier alpha value is -2.27. The highest BCUT2D eigenvalue weighted by Gasteiger charge is 2.14. The van der Waals surface area contributed by atoms with E-state index >= 15 is 0 Å². The van der Waals surface area contributed by atoms with Crippen LogP contribution in [-0.4, -0.2) is 17.0 Å². The van der Waals surface area contributed by atoms with Gasteiger partial charge in [-0.25, -0.2) is 4.79 Å². The first-order valence-electron chi connectivity index (χ1n) is 5.42. The standard InChI is InChI=1S/C13H10ClNO4/c14-9-3-1-8(2-4-9)7-15-12(16)10-5-6-11(19-10)13(17)18/h1-6H,7H2,(H,15,16)(H,17,18). The molecule has 98 valence electrons. The molecule has 0 unspecified atom stereocenters. The normalized spacial score (nSPS) is 10.2. The second kappa shape index (κ2) is 5.58. The predicted molar refractivity (Wildman–Crippen MR) is 68.3 cm³/mol. The van der Waals surface area contributed by atoms with Crippen molar-refractivity contribution in [3.8, 4) is 0 Å². The van der Waals surface area contributed by atoms with Crippen molar-refractivity contribution in [2.75, 3.05) is 0 Å². The van der Waals surface area contributed by atoms with Gasteiger partial charge in [0.2, 0.25) is 5.76 Å². The predicted octanol–water partition coefficient (Wildman–Crippen LogP) is 2.56. The van der Waals surface area contributed by atoms with Crippen molar-refractivity contribution in [3.05, 3.63) is 58.5 Å². The lowest BCUT2D eigenvalue weighted by atomic mass is 10.2. The van der Waals surface area contributed by atoms with Crippen molar-refractivity contribution < 1.29 is 19.1 Å². The van der Waals surface area contributed by atoms with Gasteiger partial charge in [-0.05, 0) is 29.8 Å². The van der Waals surface area contributed by atoms with Crippen molar-refractivity contribution in [1.82, 2.24) is 5.32 Å². The second-order valence-electron chi connectivity index (χ2n) is 3.78. The maximum absolute atomic E-state index is 11.7. The number of amides is 1. The van der Waals surface area contributed by atoms with Gasteiger partial charge in [-0.2, -0.15) is 0 Å². The number of benzene rings is 1. The highest BCUT2D eigenvalue weighted by Crippen LogP contribution is 2.10. The first-order chi connectivity index (χ1) is 9.06. The number of carbonyl (C=O) groups is 2. The molecule has 1 aromatic heterocycles. The lowest BCUT2D eigenvalue weighted by Gasteiger charge is -2.03. The fraction of sp³-hybridized carbons (Fsp3) is 0.0769. The van der Waals surface area contributed by atoms with E-state index in [2.05, 4.69) is 5.32 Å². The number of halogens is 1. The summed E-state index contributed by atoms with van der Waals surface area (Å²) in [6, 6.07) is 9.57. The molecule has 0 aliphatic carbocycles. The van der Waals surface area contributed by atoms with Crippen molar-refractivity contribution in [2.45, 2.75) is 6.54 Å². The zero-order valence-electron chi connectivity index (χ0n) is 9.72. The molecule has 19 heavy (non-hydrogen) atoms. The van der Waals surface area contributed by atoms with Gasteiger partial charge in [0.15, 0.2) is 5.76 Å². The summed E-state index contributed by atoms with van der Waals surface area (Å²) in [7, 11) is 0. The topological polar surface area (TPSA) is 79.5 Å². The minimum Gasteiger partial charge on any atom is -0.475 e. The van der Waals surface area contributed by atoms with E-state index in [4.69, 9.17) is 21.1 Å². The number of rotatable bonds is 4. The second-order valence-corrected chi connectivity index (χ2v) is 4.21. The summed E-state index contributed by atoms with van der Waals surface area (Å²) >= 11 is 5.74. The fourth-order valence-electron chi connectivity index (χ4n) is 1.45. The van der Waals surface area contributed by atoms with Gasteiger partial charge >= 0.3 is 5.97 Å². The molecule has 0 saturated carbocycles. The largest absolute Gasteiger partial charge is 0.475 e. The van der Waals surface area contributed by atoms with E-state index in [-0.39, 0.29) is 11.5 Å². The molecule has 1 aromatic carbocycles. The number of carboxylic acids is 1. The van der Waals surface area contributed by atoms with E-state index in [1.54, 1.807) is 24.3 Å². The molecule has 0 saturated heterocycles. The van der Waals surface area contributed by atoms with Crippen molar-refractivity contribution in [1.29, 1.82) is 0 Å². The third kappa shape index (κ3) is 3.35. The third-order valence-electron chi connectivity index (χ3n) is 2.41. The summed E-state index contributed by atoms with van der Waals surface area (Å²) in [5.74, 6) is -1.98. The van der Waals surface area contributed by atoms with Crippen molar-refractivity contribution >= 4 is 23.5 Å². The van der Waals surface area contributed by atoms with Gasteiger partial charge in [0.05, 0.1) is 0 Å². The van der Waals surface area contributed by atoms with Crippen LogP contribution in [0.5, 0.6) is 0 Å². The molecule has 2 N–H and O–H groups in total. The van der Waals surface area contributed by atoms with Crippen LogP contribution in [0.15, 0.2) is 40.8 Å². The van der Waals surface area contributed by atoms with Crippen LogP contribution in [0, 0.1) is 0 Å². The highest BCUT2D eigenvalue weighted by atomic mass is 35.5. The summed E-state index contributed by atoms with van der Waals surface area (Å²) in [6.07, 6.45) is 0. The molecular formula is C13H10ClNO4. The average molecular weight is 280 g/mol. The molecule has 6 heteroatoms. The Morgan fingerprint density at radius 1 is 1.11 bits per heavy atom. The van der Waals surface area contributed by atoms with E-state index in [1.165, 1.54) is 12.1 Å². The number of nitrogens with one attached hydrogen (secondary N) is 1. The van der Waals surface area contributed by atoms with Crippen LogP contribution in [0.25, 0.3) is 0 Å². The molecule has 2 rings (SSSR count). The van der Waals surface area contributed by atoms with Crippen LogP contribution in [0.4, 0.5) is 0 Å². The van der Waals surface area contributed by atoms with Crippen molar-refractivity contribution in [2.24, 2.45) is 0 Å². The van der Waals surface area contributed by atoms with Gasteiger partial charge in [-0.1, -0.05) is 23.7 Å². The van der Waals surface area contributed by atoms with Crippen LogP contribution >= 0.6 is 11.6 Å². The van der Waals surface area contributed by atoms with E-state index in [0.29, 0.717) is 11.6 Å². The van der Waals surface area contributed by atoms with Crippen molar-refractivity contribution in [3.63, 3.8) is 0 Å². The zero-order valence-corrected chi connectivity index (χ0v) is 10.5. The minimum absolute atomic E-state index is 0.0358. The fourth-order valence-corrected chi connectivity index (χ4v) is 1.57. The average Bonchev–Trinajstić information content (AvgIpc) is 2.87. The van der Waals surface area contributed by atoms with Gasteiger partial charge in [0, 0.05) is 11.6 Å². The molecule has 0 fully saturated rings. The summed E-state index contributed by atoms with van der Waals surface area (Å²) < 4.78 is 4.88. The maximum atomic E-state index is 11.7. The van der Waals surface area contributed by atoms with Crippen LogP contribution in [0.1, 0.15) is 26.7 Å². The molecule has 0 spiro atoms. The SMILES string of the molecule is O=C(O)c1ccc(C(=O)NCc2ccc(Cl)cc2)o1. The molecule has 0 bridgehead atoms. The molecule has 5 nitrogen and oxygen atoms in total. The first kappa shape index (κ1) is 13.2. The number of hydrogen-bond acceptors (Lipinski definition) is 3. The number of carbonyl (C=O) groups excluding carboxylic acids is 1. The van der Waals surface area contributed by atoms with Gasteiger partial charge in [-0.3, -0.25) is 4.79 Å². The molecule has 1 amide bonds. The Bertz CT molecular complexity index is 603. The summed E-state index contributed by atoms with van der Waals surface area (Å²) in [4.78, 5) is 22.3. The minimum atomic E-state index is -1.21. The Morgan fingerprint density at radius 3 is 2.32 bits per heavy atom. The van der Waals surface area contributed by atoms with E-state index in [1.807, 2.05) is 0 Å². The Morgan fingerprint density at radius 2 is 1.74 bits per heavy atom. The molecule has 0 radical (unpaired) electrons.